The number of hydrogen-bond donors (Lipinski definition) is 2. The molecule has 2 heterocycles. The van der Waals surface area contributed by atoms with Gasteiger partial charge in [0.1, 0.15) is 9.92 Å². The molecule has 2 fully saturated rings. The van der Waals surface area contributed by atoms with Gasteiger partial charge in [-0.3, -0.25) is 4.90 Å². The first-order valence-electron chi connectivity index (χ1n) is 4.81. The second-order valence-electron chi connectivity index (χ2n) is 4.10. The molecule has 5 heteroatoms. The molecule has 0 aromatic rings. The summed E-state index contributed by atoms with van der Waals surface area (Å²) in [6.07, 6.45) is 4.97. The van der Waals surface area contributed by atoms with E-state index in [2.05, 4.69) is 9.62 Å². The molecule has 3 atom stereocenters. The van der Waals surface area contributed by atoms with Gasteiger partial charge in [-0.1, -0.05) is 0 Å². The highest BCUT2D eigenvalue weighted by molar-refractivity contribution is 7.89. The Hall–Kier alpha value is -0.130. The molecule has 0 amide bonds. The first kappa shape index (κ1) is 9.43. The van der Waals surface area contributed by atoms with Crippen molar-refractivity contribution in [3.05, 3.63) is 0 Å². The quantitative estimate of drug-likeness (QED) is 0.682. The smallest absolute Gasteiger partial charge is 0.102 e. The Bertz CT molecular complexity index is 288. The largest absolute Gasteiger partial charge is 0.299 e. The Morgan fingerprint density at radius 1 is 1.46 bits per heavy atom. The van der Waals surface area contributed by atoms with Crippen molar-refractivity contribution in [2.75, 3.05) is 19.3 Å². The predicted octanol–water partition coefficient (Wildman–Crippen LogP) is 0.404. The number of fused-ring (bicyclic) bond motifs is 1. The third kappa shape index (κ3) is 2.03. The van der Waals surface area contributed by atoms with E-state index in [1.807, 2.05) is 0 Å². The zero-order valence-corrected chi connectivity index (χ0v) is 8.77. The van der Waals surface area contributed by atoms with Gasteiger partial charge in [0.15, 0.2) is 0 Å². The highest BCUT2D eigenvalue weighted by Crippen LogP contribution is 2.28. The van der Waals surface area contributed by atoms with Gasteiger partial charge < -0.3 is 0 Å². The van der Waals surface area contributed by atoms with Crippen LogP contribution in [-0.2, 0) is 9.92 Å². The van der Waals surface area contributed by atoms with E-state index in [9.17, 15) is 4.21 Å². The third-order valence-electron chi connectivity index (χ3n) is 2.98. The molecule has 0 aromatic carbocycles. The fourth-order valence-electron chi connectivity index (χ4n) is 2.51. The van der Waals surface area contributed by atoms with E-state index in [0.717, 1.165) is 13.0 Å². The van der Waals surface area contributed by atoms with Crippen LogP contribution in [0.1, 0.15) is 19.3 Å². The van der Waals surface area contributed by atoms with Crippen molar-refractivity contribution in [3.63, 3.8) is 0 Å². The summed E-state index contributed by atoms with van der Waals surface area (Å²) in [6.45, 7) is 2.30. The molecule has 2 rings (SSSR count). The van der Waals surface area contributed by atoms with E-state index >= 15 is 0 Å². The summed E-state index contributed by atoms with van der Waals surface area (Å²) < 4.78 is 21.6. The second-order valence-corrected chi connectivity index (χ2v) is 6.03. The molecule has 0 saturated carbocycles. The van der Waals surface area contributed by atoms with Crippen LogP contribution in [0.25, 0.3) is 0 Å². The Morgan fingerprint density at radius 2 is 2.23 bits per heavy atom. The summed E-state index contributed by atoms with van der Waals surface area (Å²) in [5.41, 5.74) is 0. The Labute approximate surface area is 79.8 Å². The Balaban J connectivity index is 2.01. The van der Waals surface area contributed by atoms with Gasteiger partial charge in [-0.15, -0.1) is 0 Å². The van der Waals surface area contributed by atoms with Crippen LogP contribution >= 0.6 is 0 Å². The molecule has 13 heavy (non-hydrogen) atoms. The molecule has 0 bridgehead atoms. The van der Waals surface area contributed by atoms with Crippen molar-refractivity contribution >= 4 is 9.92 Å². The highest BCUT2D eigenvalue weighted by atomic mass is 32.2. The minimum Gasteiger partial charge on any atom is -0.299 e. The van der Waals surface area contributed by atoms with Crippen LogP contribution in [-0.4, -0.2) is 40.5 Å². The lowest BCUT2D eigenvalue weighted by Gasteiger charge is -2.20. The van der Waals surface area contributed by atoms with Crippen molar-refractivity contribution in [3.8, 4) is 0 Å². The highest BCUT2D eigenvalue weighted by Gasteiger charge is 2.37. The van der Waals surface area contributed by atoms with Crippen LogP contribution in [0.4, 0.5) is 0 Å². The van der Waals surface area contributed by atoms with E-state index in [1.165, 1.54) is 25.6 Å². The molecule has 2 aliphatic rings. The molecule has 76 valence electrons. The molecule has 0 aromatic heterocycles. The van der Waals surface area contributed by atoms with Gasteiger partial charge in [0.25, 0.3) is 0 Å². The zero-order valence-electron chi connectivity index (χ0n) is 7.95. The standard InChI is InChI=1S/C8H17N3OS/c1-13(9,12)10-7-4-6-11-5-2-3-8(7)11/h7-8H,2-6H2,1H3,(H2,9,10,12). The Morgan fingerprint density at radius 3 is 2.92 bits per heavy atom. The molecule has 0 radical (unpaired) electrons. The van der Waals surface area contributed by atoms with Crippen LogP contribution in [0.3, 0.4) is 0 Å². The molecule has 0 spiro atoms. The summed E-state index contributed by atoms with van der Waals surface area (Å²) >= 11 is 0. The first-order chi connectivity index (χ1) is 6.06. The summed E-state index contributed by atoms with van der Waals surface area (Å²) in [5, 5.41) is 0. The van der Waals surface area contributed by atoms with Gasteiger partial charge in [0.05, 0.1) is 0 Å². The topological polar surface area (TPSA) is 56.2 Å². The molecule has 4 nitrogen and oxygen atoms in total. The average molecular weight is 203 g/mol. The van der Waals surface area contributed by atoms with E-state index in [1.54, 1.807) is 0 Å². The van der Waals surface area contributed by atoms with E-state index in [4.69, 9.17) is 4.78 Å². The molecule has 0 aliphatic carbocycles. The molecular formula is C8H17N3OS. The summed E-state index contributed by atoms with van der Waals surface area (Å²) in [5.74, 6) is 0. The molecule has 2 aliphatic heterocycles. The number of hydrogen-bond acceptors (Lipinski definition) is 3. The SMILES string of the molecule is CS(=N)(=O)NC1CCN2CCCC12. The summed E-state index contributed by atoms with van der Waals surface area (Å²) in [4.78, 5) is 2.45. The lowest BCUT2D eigenvalue weighted by atomic mass is 10.1. The fourth-order valence-corrected chi connectivity index (χ4v) is 3.36. The molecule has 3 unspecified atom stereocenters. The number of rotatable bonds is 2. The molecular weight excluding hydrogens is 186 g/mol. The van der Waals surface area contributed by atoms with Crippen molar-refractivity contribution < 1.29 is 4.21 Å². The van der Waals surface area contributed by atoms with Crippen LogP contribution < -0.4 is 4.72 Å². The zero-order chi connectivity index (χ0) is 9.47. The van der Waals surface area contributed by atoms with Gasteiger partial charge in [0, 0.05) is 24.9 Å². The maximum Gasteiger partial charge on any atom is 0.102 e. The minimum atomic E-state index is -2.52. The maximum absolute atomic E-state index is 11.3. The monoisotopic (exact) mass is 203 g/mol. The van der Waals surface area contributed by atoms with Gasteiger partial charge in [-0.05, 0) is 25.8 Å². The lowest BCUT2D eigenvalue weighted by Crippen LogP contribution is -2.41. The van der Waals surface area contributed by atoms with Crippen molar-refractivity contribution in [1.82, 2.24) is 9.62 Å². The van der Waals surface area contributed by atoms with Gasteiger partial charge in [-0.2, -0.15) is 0 Å². The van der Waals surface area contributed by atoms with Gasteiger partial charge >= 0.3 is 0 Å². The van der Waals surface area contributed by atoms with Crippen molar-refractivity contribution in [2.45, 2.75) is 31.3 Å². The maximum atomic E-state index is 11.3. The number of nitrogens with one attached hydrogen (secondary N) is 2. The number of nitrogens with zero attached hydrogens (tertiary/aromatic N) is 1. The van der Waals surface area contributed by atoms with Crippen LogP contribution in [0.2, 0.25) is 0 Å². The minimum absolute atomic E-state index is 0.289. The average Bonchev–Trinajstić information content (AvgIpc) is 2.50. The van der Waals surface area contributed by atoms with Crippen molar-refractivity contribution in [1.29, 1.82) is 4.78 Å². The third-order valence-corrected chi connectivity index (χ3v) is 3.73. The van der Waals surface area contributed by atoms with Gasteiger partial charge in [-0.25, -0.2) is 13.7 Å². The van der Waals surface area contributed by atoms with Crippen LogP contribution in [0.15, 0.2) is 0 Å². The fraction of sp³-hybridized carbons (Fsp3) is 1.00. The normalized spacial score (nSPS) is 38.8. The second kappa shape index (κ2) is 3.22. The van der Waals surface area contributed by atoms with E-state index < -0.39 is 9.92 Å². The molecule has 2 saturated heterocycles. The van der Waals surface area contributed by atoms with Crippen LogP contribution in [0.5, 0.6) is 0 Å². The molecule has 2 N–H and O–H groups in total. The van der Waals surface area contributed by atoms with E-state index in [0.29, 0.717) is 6.04 Å². The lowest BCUT2D eigenvalue weighted by molar-refractivity contribution is 0.309. The van der Waals surface area contributed by atoms with Gasteiger partial charge in [0.2, 0.25) is 0 Å². The summed E-state index contributed by atoms with van der Waals surface area (Å²) in [6, 6.07) is 0.837. The summed E-state index contributed by atoms with van der Waals surface area (Å²) in [7, 11) is -2.52. The van der Waals surface area contributed by atoms with Crippen molar-refractivity contribution in [2.24, 2.45) is 0 Å². The van der Waals surface area contributed by atoms with E-state index in [-0.39, 0.29) is 6.04 Å². The van der Waals surface area contributed by atoms with Crippen LogP contribution in [0, 0.1) is 4.78 Å². The Kier molecular flexibility index (Phi) is 2.33. The first-order valence-corrected chi connectivity index (χ1v) is 6.78. The predicted molar refractivity (Wildman–Crippen MR) is 52.9 cm³/mol.